The van der Waals surface area contributed by atoms with Crippen LogP contribution in [-0.2, 0) is 19.5 Å². The van der Waals surface area contributed by atoms with Gasteiger partial charge < -0.3 is 24.8 Å². The highest BCUT2D eigenvalue weighted by molar-refractivity contribution is 5.93. The number of halogens is 4. The SMILES string of the molecule is Cc1nc(Nc2ccc(OC(F)(F)F)cc2)nc2c1n(-c1ccc(C(=O)N3CCc4c(n(Cc5ccc(C#N)cc5F)c5ncccc45)C3)nc1)c(=O)n2[C@H]1CCNC[C@H]1C. The molecule has 1 amide bonds. The van der Waals surface area contributed by atoms with Gasteiger partial charge >= 0.3 is 12.1 Å². The third kappa shape index (κ3) is 7.41. The summed E-state index contributed by atoms with van der Waals surface area (Å²) in [6.45, 7) is 5.96. The van der Waals surface area contributed by atoms with Crippen LogP contribution in [0.4, 0.5) is 29.2 Å². The van der Waals surface area contributed by atoms with Crippen LogP contribution in [0.25, 0.3) is 27.9 Å². The standard InChI is InChI=1S/C43H37F4N11O3/c1-24-20-49-16-13-35(24)58-39-37(25(2)52-41(54-39)53-28-7-10-30(11-8-28)61-43(45,46)47)57(42(58)60)29-9-12-34(51-21-29)40(59)55-17-14-31-32-4-3-15-50-38(32)56(36(31)23-55)22-27-6-5-26(19-48)18-33(27)44/h3-12,15,18,21,24,35,49H,13-14,16-17,20,22-23H2,1-2H3,(H,52,53,54)/t24-,35+/m1/s1. The zero-order valence-corrected chi connectivity index (χ0v) is 32.9. The minimum absolute atomic E-state index is 0.0687. The number of carbonyl (C=O) groups excluding carboxylic acids is 1. The maximum absolute atomic E-state index is 15.1. The van der Waals surface area contributed by atoms with Crippen molar-refractivity contribution in [3.05, 3.63) is 129 Å². The summed E-state index contributed by atoms with van der Waals surface area (Å²) in [6.07, 6.45) is -0.470. The second kappa shape index (κ2) is 15.5. The molecule has 18 heteroatoms. The number of alkyl halides is 3. The molecule has 14 nitrogen and oxygen atoms in total. The molecule has 0 bridgehead atoms. The number of anilines is 2. The van der Waals surface area contributed by atoms with E-state index in [1.165, 1.54) is 41.1 Å². The lowest BCUT2D eigenvalue weighted by atomic mass is 9.95. The van der Waals surface area contributed by atoms with Crippen LogP contribution < -0.4 is 21.1 Å². The number of aromatic nitrogens is 7. The van der Waals surface area contributed by atoms with Gasteiger partial charge in [-0.25, -0.2) is 24.1 Å². The van der Waals surface area contributed by atoms with Gasteiger partial charge in [-0.3, -0.25) is 13.9 Å². The summed E-state index contributed by atoms with van der Waals surface area (Å²) in [6, 6.07) is 18.3. The topological polar surface area (TPSA) is 161 Å². The summed E-state index contributed by atoms with van der Waals surface area (Å²) in [4.78, 5) is 48.9. The number of nitrogens with zero attached hydrogens (tertiary/aromatic N) is 9. The molecule has 9 rings (SSSR count). The summed E-state index contributed by atoms with van der Waals surface area (Å²) < 4.78 is 62.4. The smallest absolute Gasteiger partial charge is 0.406 e. The second-order valence-electron chi connectivity index (χ2n) is 15.2. The first-order valence-corrected chi connectivity index (χ1v) is 19.6. The summed E-state index contributed by atoms with van der Waals surface area (Å²) >= 11 is 0. The molecule has 310 valence electrons. The number of hydrogen-bond acceptors (Lipinski definition) is 10. The number of carbonyl (C=O) groups is 1. The fourth-order valence-corrected chi connectivity index (χ4v) is 8.45. The van der Waals surface area contributed by atoms with Crippen LogP contribution in [0.15, 0.2) is 83.9 Å². The Morgan fingerprint density at radius 1 is 1.07 bits per heavy atom. The number of hydrogen-bond donors (Lipinski definition) is 2. The van der Waals surface area contributed by atoms with Gasteiger partial charge in [0.15, 0.2) is 5.65 Å². The van der Waals surface area contributed by atoms with Gasteiger partial charge in [-0.05, 0) is 105 Å². The van der Waals surface area contributed by atoms with Crippen molar-refractivity contribution in [3.63, 3.8) is 0 Å². The highest BCUT2D eigenvalue weighted by atomic mass is 19.4. The average molecular weight is 832 g/mol. The van der Waals surface area contributed by atoms with E-state index in [-0.39, 0.29) is 59.6 Å². The normalized spacial score (nSPS) is 16.7. The fraction of sp³-hybridized carbons (Fsp3) is 0.279. The molecule has 0 unspecified atom stereocenters. The van der Waals surface area contributed by atoms with E-state index in [0.717, 1.165) is 16.6 Å². The number of ether oxygens (including phenoxy) is 1. The first kappa shape index (κ1) is 39.3. The Morgan fingerprint density at radius 3 is 2.61 bits per heavy atom. The maximum Gasteiger partial charge on any atom is 0.573 e. The van der Waals surface area contributed by atoms with Gasteiger partial charge in [-0.1, -0.05) is 13.0 Å². The summed E-state index contributed by atoms with van der Waals surface area (Å²) in [5.41, 5.74) is 5.03. The van der Waals surface area contributed by atoms with Gasteiger partial charge in [0, 0.05) is 41.1 Å². The molecule has 2 atom stereocenters. The van der Waals surface area contributed by atoms with Crippen molar-refractivity contribution in [3.8, 4) is 17.5 Å². The van der Waals surface area contributed by atoms with Crippen molar-refractivity contribution < 1.29 is 27.1 Å². The third-order valence-electron chi connectivity index (χ3n) is 11.3. The Balaban J connectivity index is 1.03. The Bertz CT molecular complexity index is 2930. The molecular weight excluding hydrogens is 795 g/mol. The molecule has 7 aromatic rings. The first-order chi connectivity index (χ1) is 29.4. The van der Waals surface area contributed by atoms with E-state index >= 15 is 4.39 Å². The molecule has 7 heterocycles. The average Bonchev–Trinajstić information content (AvgIpc) is 3.72. The largest absolute Gasteiger partial charge is 0.573 e. The van der Waals surface area contributed by atoms with Crippen LogP contribution in [0.1, 0.15) is 58.0 Å². The number of benzene rings is 2. The second-order valence-corrected chi connectivity index (χ2v) is 15.2. The Kier molecular flexibility index (Phi) is 9.98. The highest BCUT2D eigenvalue weighted by Crippen LogP contribution is 2.33. The minimum Gasteiger partial charge on any atom is -0.406 e. The Morgan fingerprint density at radius 2 is 1.89 bits per heavy atom. The molecule has 2 N–H and O–H groups in total. The van der Waals surface area contributed by atoms with Gasteiger partial charge in [0.25, 0.3) is 5.91 Å². The van der Waals surface area contributed by atoms with Crippen LogP contribution in [0.2, 0.25) is 0 Å². The van der Waals surface area contributed by atoms with Crippen molar-refractivity contribution in [1.29, 1.82) is 5.26 Å². The molecule has 61 heavy (non-hydrogen) atoms. The quantitative estimate of drug-likeness (QED) is 0.158. The van der Waals surface area contributed by atoms with E-state index in [1.807, 2.05) is 22.8 Å². The van der Waals surface area contributed by atoms with E-state index < -0.39 is 12.2 Å². The molecule has 0 radical (unpaired) electrons. The van der Waals surface area contributed by atoms with Crippen LogP contribution in [0.5, 0.6) is 5.75 Å². The predicted molar refractivity (Wildman–Crippen MR) is 216 cm³/mol. The molecular formula is C43H37F4N11O3. The molecule has 5 aromatic heterocycles. The number of piperidine rings is 1. The summed E-state index contributed by atoms with van der Waals surface area (Å²) in [5.74, 6) is -0.991. The molecule has 0 spiro atoms. The number of amides is 1. The third-order valence-corrected chi connectivity index (χ3v) is 11.3. The zero-order chi connectivity index (χ0) is 42.6. The molecule has 0 saturated carbocycles. The monoisotopic (exact) mass is 831 g/mol. The number of imidazole rings is 1. The first-order valence-electron chi connectivity index (χ1n) is 19.6. The summed E-state index contributed by atoms with van der Waals surface area (Å²) in [5, 5.41) is 16.6. The number of nitrogens with one attached hydrogen (secondary N) is 2. The van der Waals surface area contributed by atoms with Crippen molar-refractivity contribution >= 4 is 39.7 Å². The van der Waals surface area contributed by atoms with Gasteiger partial charge in [0.1, 0.15) is 28.4 Å². The van der Waals surface area contributed by atoms with E-state index in [9.17, 15) is 28.0 Å². The van der Waals surface area contributed by atoms with E-state index in [1.54, 1.807) is 46.9 Å². The van der Waals surface area contributed by atoms with Crippen molar-refractivity contribution in [2.75, 3.05) is 25.0 Å². The van der Waals surface area contributed by atoms with E-state index in [0.29, 0.717) is 71.9 Å². The van der Waals surface area contributed by atoms with E-state index in [4.69, 9.17) is 4.98 Å². The fourth-order valence-electron chi connectivity index (χ4n) is 8.45. The van der Waals surface area contributed by atoms with Gasteiger partial charge in [0.05, 0.1) is 42.3 Å². The van der Waals surface area contributed by atoms with Gasteiger partial charge in [-0.15, -0.1) is 13.2 Å². The number of nitriles is 1. The van der Waals surface area contributed by atoms with Crippen molar-refractivity contribution in [2.24, 2.45) is 5.92 Å². The van der Waals surface area contributed by atoms with Crippen molar-refractivity contribution in [2.45, 2.75) is 52.2 Å². The number of aryl methyl sites for hydroxylation is 1. The van der Waals surface area contributed by atoms with Crippen LogP contribution in [0.3, 0.4) is 0 Å². The van der Waals surface area contributed by atoms with Gasteiger partial charge in [-0.2, -0.15) is 10.2 Å². The highest BCUT2D eigenvalue weighted by Gasteiger charge is 2.33. The lowest BCUT2D eigenvalue weighted by Crippen LogP contribution is -2.40. The molecule has 2 aliphatic rings. The van der Waals surface area contributed by atoms with E-state index in [2.05, 4.69) is 37.2 Å². The number of fused-ring (bicyclic) bond motifs is 4. The predicted octanol–water partition coefficient (Wildman–Crippen LogP) is 6.71. The molecule has 2 aliphatic heterocycles. The maximum atomic E-state index is 15.1. The molecule has 1 saturated heterocycles. The van der Waals surface area contributed by atoms with Crippen LogP contribution >= 0.6 is 0 Å². The van der Waals surface area contributed by atoms with Crippen LogP contribution in [0, 0.1) is 30.0 Å². The van der Waals surface area contributed by atoms with Gasteiger partial charge in [0.2, 0.25) is 5.95 Å². The Hall–Kier alpha value is -7.13. The number of pyridine rings is 2. The summed E-state index contributed by atoms with van der Waals surface area (Å²) in [7, 11) is 0. The minimum atomic E-state index is -4.83. The zero-order valence-electron chi connectivity index (χ0n) is 32.9. The lowest BCUT2D eigenvalue weighted by Gasteiger charge is -2.30. The van der Waals surface area contributed by atoms with Crippen molar-refractivity contribution in [1.82, 2.24) is 43.9 Å². The van der Waals surface area contributed by atoms with Crippen LogP contribution in [-0.4, -0.2) is 70.4 Å². The Labute approximate surface area is 345 Å². The number of rotatable bonds is 8. The molecule has 2 aromatic carbocycles. The molecule has 1 fully saturated rings. The molecule has 0 aliphatic carbocycles. The lowest BCUT2D eigenvalue weighted by molar-refractivity contribution is -0.274.